The van der Waals surface area contributed by atoms with Crippen molar-refractivity contribution in [2.45, 2.75) is 66.9 Å². The molecule has 4 N–H and O–H groups in total. The Balaban J connectivity index is 2.73. The van der Waals surface area contributed by atoms with Gasteiger partial charge in [0.25, 0.3) is 5.91 Å². The van der Waals surface area contributed by atoms with Crippen LogP contribution in [0, 0.1) is 0 Å². The predicted molar refractivity (Wildman–Crippen MR) is 108 cm³/mol. The number of sulfone groups is 2. The van der Waals surface area contributed by atoms with Crippen LogP contribution in [0.4, 0.5) is 0 Å². The molecule has 1 aliphatic rings. The molecule has 1 aromatic rings. The van der Waals surface area contributed by atoms with Crippen molar-refractivity contribution in [3.63, 3.8) is 0 Å². The molecule has 0 heterocycles. The molecule has 0 unspecified atom stereocenters. The zero-order chi connectivity index (χ0) is 21.1. The lowest BCUT2D eigenvalue weighted by Crippen LogP contribution is -2.25. The van der Waals surface area contributed by atoms with Gasteiger partial charge in [0.15, 0.2) is 25.6 Å². The second-order valence-electron chi connectivity index (χ2n) is 7.08. The number of nitrogens with zero attached hydrogens (tertiary/aromatic N) is 1. The molecule has 0 aromatic heterocycles. The van der Waals surface area contributed by atoms with Gasteiger partial charge in [-0.15, -0.1) is 0 Å². The highest BCUT2D eigenvalue weighted by Gasteiger charge is 2.33. The summed E-state index contributed by atoms with van der Waals surface area (Å²) in [4.78, 5) is 15.2. The Morgan fingerprint density at radius 2 is 1.61 bits per heavy atom. The molecular formula is C18H27N3O5S2. The number of amides is 1. The summed E-state index contributed by atoms with van der Waals surface area (Å²) in [6.45, 7) is 1.74. The van der Waals surface area contributed by atoms with Gasteiger partial charge in [-0.1, -0.05) is 32.6 Å². The Labute approximate surface area is 166 Å². The molecular weight excluding hydrogens is 402 g/mol. The monoisotopic (exact) mass is 429 g/mol. The molecule has 0 radical (unpaired) electrons. The van der Waals surface area contributed by atoms with Gasteiger partial charge in [0.05, 0.1) is 15.0 Å². The fraction of sp³-hybridized carbons (Fsp3) is 0.556. The summed E-state index contributed by atoms with van der Waals surface area (Å²) >= 11 is 0. The molecule has 1 aromatic carbocycles. The zero-order valence-electron chi connectivity index (χ0n) is 16.1. The summed E-state index contributed by atoms with van der Waals surface area (Å²) in [7, 11) is -7.79. The third kappa shape index (κ3) is 4.91. The molecule has 1 amide bonds. The summed E-state index contributed by atoms with van der Waals surface area (Å²) in [5, 5.41) is -0.625. The number of carbonyl (C=O) groups is 1. The van der Waals surface area contributed by atoms with E-state index in [1.807, 2.05) is 0 Å². The first-order valence-corrected chi connectivity index (χ1v) is 12.7. The molecule has 28 heavy (non-hydrogen) atoms. The number of hydrogen-bond acceptors (Lipinski definition) is 5. The number of guanidine groups is 1. The number of aryl methyl sites for hydroxylation is 1. The van der Waals surface area contributed by atoms with Gasteiger partial charge in [-0.3, -0.25) is 4.79 Å². The van der Waals surface area contributed by atoms with Crippen LogP contribution in [0.5, 0.6) is 0 Å². The molecule has 0 atom stereocenters. The maximum absolute atomic E-state index is 13.3. The summed E-state index contributed by atoms with van der Waals surface area (Å²) in [5.74, 6) is -1.26. The molecule has 0 saturated heterocycles. The Morgan fingerprint density at radius 1 is 1.04 bits per heavy atom. The first kappa shape index (κ1) is 22.4. The van der Waals surface area contributed by atoms with Crippen molar-refractivity contribution in [1.29, 1.82) is 0 Å². The van der Waals surface area contributed by atoms with Crippen molar-refractivity contribution in [2.75, 3.05) is 6.26 Å². The van der Waals surface area contributed by atoms with E-state index >= 15 is 0 Å². The third-order valence-corrected chi connectivity index (χ3v) is 8.52. The molecule has 8 nitrogen and oxygen atoms in total. The molecule has 10 heteroatoms. The Bertz CT molecular complexity index is 986. The fourth-order valence-corrected chi connectivity index (χ4v) is 7.03. The quantitative estimate of drug-likeness (QED) is 0.409. The molecule has 156 valence electrons. The topological polar surface area (TPSA) is 150 Å². The highest BCUT2D eigenvalue weighted by Crippen LogP contribution is 2.33. The Kier molecular flexibility index (Phi) is 6.87. The molecule has 1 saturated carbocycles. The average molecular weight is 430 g/mol. The summed E-state index contributed by atoms with van der Waals surface area (Å²) < 4.78 is 51.4. The van der Waals surface area contributed by atoms with Crippen LogP contribution >= 0.6 is 0 Å². The van der Waals surface area contributed by atoms with Crippen molar-refractivity contribution >= 4 is 31.5 Å². The predicted octanol–water partition coefficient (Wildman–Crippen LogP) is 1.56. The van der Waals surface area contributed by atoms with E-state index < -0.39 is 36.8 Å². The lowest BCUT2D eigenvalue weighted by Gasteiger charge is -2.19. The van der Waals surface area contributed by atoms with Gasteiger partial charge in [-0.2, -0.15) is 4.99 Å². The SMILES string of the molecule is CCc1cc(S(=O)(=O)C2CCCCCC2)c(S(C)(=O)=O)cc1C(=O)N=C(N)N. The molecule has 0 aliphatic heterocycles. The van der Waals surface area contributed by atoms with Gasteiger partial charge < -0.3 is 11.5 Å². The minimum Gasteiger partial charge on any atom is -0.370 e. The van der Waals surface area contributed by atoms with Gasteiger partial charge in [-0.05, 0) is 37.0 Å². The van der Waals surface area contributed by atoms with E-state index in [0.29, 0.717) is 24.8 Å². The van der Waals surface area contributed by atoms with E-state index in [2.05, 4.69) is 4.99 Å². The van der Waals surface area contributed by atoms with Crippen LogP contribution in [0.3, 0.4) is 0 Å². The van der Waals surface area contributed by atoms with E-state index in [9.17, 15) is 21.6 Å². The van der Waals surface area contributed by atoms with Gasteiger partial charge in [0, 0.05) is 11.8 Å². The maximum atomic E-state index is 13.3. The maximum Gasteiger partial charge on any atom is 0.280 e. The number of aliphatic imine (C=N–C) groups is 1. The average Bonchev–Trinajstić information content (AvgIpc) is 2.89. The Hall–Kier alpha value is -1.94. The Morgan fingerprint density at radius 3 is 2.07 bits per heavy atom. The highest BCUT2D eigenvalue weighted by molar-refractivity contribution is 7.94. The number of nitrogens with two attached hydrogens (primary N) is 2. The van der Waals surface area contributed by atoms with Crippen molar-refractivity contribution in [3.05, 3.63) is 23.3 Å². The second kappa shape index (κ2) is 8.60. The largest absolute Gasteiger partial charge is 0.370 e. The van der Waals surface area contributed by atoms with Crippen molar-refractivity contribution in [3.8, 4) is 0 Å². The summed E-state index contributed by atoms with van der Waals surface area (Å²) in [6.07, 6.45) is 5.77. The standard InChI is InChI=1S/C18H27N3O5S2/c1-3-12-10-16(28(25,26)13-8-6-4-5-7-9-13)15(27(2,23)24)11-14(12)17(22)21-18(19)20/h10-11,13H,3-9H2,1-2H3,(H4,19,20,21,22). The van der Waals surface area contributed by atoms with E-state index in [4.69, 9.17) is 11.5 Å². The minimum absolute atomic E-state index is 0.0175. The molecule has 2 rings (SSSR count). The van der Waals surface area contributed by atoms with Crippen LogP contribution in [0.15, 0.2) is 26.9 Å². The lowest BCUT2D eigenvalue weighted by molar-refractivity contribution is 0.100. The highest BCUT2D eigenvalue weighted by atomic mass is 32.2. The minimum atomic E-state index is -3.92. The van der Waals surface area contributed by atoms with E-state index in [1.165, 1.54) is 6.07 Å². The van der Waals surface area contributed by atoms with Crippen LogP contribution in [-0.4, -0.2) is 40.2 Å². The molecule has 0 spiro atoms. The van der Waals surface area contributed by atoms with Crippen molar-refractivity contribution in [1.82, 2.24) is 0 Å². The lowest BCUT2D eigenvalue weighted by atomic mass is 10.0. The van der Waals surface area contributed by atoms with Crippen molar-refractivity contribution in [2.24, 2.45) is 16.5 Å². The van der Waals surface area contributed by atoms with Crippen LogP contribution in [0.2, 0.25) is 0 Å². The van der Waals surface area contributed by atoms with Crippen LogP contribution in [-0.2, 0) is 26.1 Å². The van der Waals surface area contributed by atoms with E-state index in [0.717, 1.165) is 38.0 Å². The smallest absolute Gasteiger partial charge is 0.280 e. The van der Waals surface area contributed by atoms with Gasteiger partial charge in [0.2, 0.25) is 0 Å². The van der Waals surface area contributed by atoms with Gasteiger partial charge in [-0.25, -0.2) is 16.8 Å². The van der Waals surface area contributed by atoms with Crippen LogP contribution < -0.4 is 11.5 Å². The number of rotatable bonds is 5. The molecule has 0 bridgehead atoms. The number of carbonyl (C=O) groups excluding carboxylic acids is 1. The van der Waals surface area contributed by atoms with Crippen LogP contribution in [0.1, 0.15) is 61.4 Å². The normalized spacial score (nSPS) is 16.4. The number of hydrogen-bond donors (Lipinski definition) is 2. The molecule has 1 aliphatic carbocycles. The zero-order valence-corrected chi connectivity index (χ0v) is 17.8. The number of benzene rings is 1. The van der Waals surface area contributed by atoms with E-state index in [1.54, 1.807) is 6.92 Å². The first-order chi connectivity index (χ1) is 13.0. The van der Waals surface area contributed by atoms with Crippen molar-refractivity contribution < 1.29 is 21.6 Å². The van der Waals surface area contributed by atoms with Crippen LogP contribution in [0.25, 0.3) is 0 Å². The molecule has 1 fully saturated rings. The van der Waals surface area contributed by atoms with Gasteiger partial charge >= 0.3 is 0 Å². The van der Waals surface area contributed by atoms with Gasteiger partial charge in [0.1, 0.15) is 0 Å². The second-order valence-corrected chi connectivity index (χ2v) is 11.3. The fourth-order valence-electron chi connectivity index (χ4n) is 3.52. The summed E-state index contributed by atoms with van der Waals surface area (Å²) in [6, 6.07) is 2.39. The van der Waals surface area contributed by atoms with E-state index in [-0.39, 0.29) is 15.4 Å². The summed E-state index contributed by atoms with van der Waals surface area (Å²) in [5.41, 5.74) is 10.9. The third-order valence-electron chi connectivity index (χ3n) is 4.96. The first-order valence-electron chi connectivity index (χ1n) is 9.23.